The Morgan fingerprint density at radius 3 is 2.79 bits per heavy atom. The molecule has 0 saturated carbocycles. The number of amides is 1. The minimum atomic E-state index is -0.544. The molecule has 4 rings (SSSR count). The quantitative estimate of drug-likeness (QED) is 0.325. The Bertz CT molecular complexity index is 1300. The van der Waals surface area contributed by atoms with Gasteiger partial charge in [-0.05, 0) is 45.1 Å². The van der Waals surface area contributed by atoms with Crippen LogP contribution in [0.15, 0.2) is 30.5 Å². The van der Waals surface area contributed by atoms with Gasteiger partial charge in [-0.3, -0.25) is 10.1 Å². The van der Waals surface area contributed by atoms with Gasteiger partial charge >= 0.3 is 12.1 Å². The molecule has 0 radical (unpaired) electrons. The molecule has 1 aromatic carbocycles. The number of carbonyl (C=O) groups excluding carboxylic acids is 1. The lowest BCUT2D eigenvalue weighted by molar-refractivity contribution is -0.384. The number of nitrogens with zero attached hydrogens (tertiary/aromatic N) is 6. The molecule has 1 aliphatic heterocycles. The summed E-state index contributed by atoms with van der Waals surface area (Å²) in [6.45, 7) is 11.5. The third-order valence-corrected chi connectivity index (χ3v) is 6.19. The predicted octanol–water partition coefficient (Wildman–Crippen LogP) is 4.79. The molecule has 3 heterocycles. The molecule has 0 spiro atoms. The Morgan fingerprint density at radius 2 is 2.08 bits per heavy atom. The van der Waals surface area contributed by atoms with E-state index in [0.717, 1.165) is 24.0 Å². The molecule has 1 atom stereocenters. The predicted molar refractivity (Wildman–Crippen MR) is 141 cm³/mol. The van der Waals surface area contributed by atoms with Gasteiger partial charge in [-0.25, -0.2) is 4.79 Å². The van der Waals surface area contributed by atoms with Gasteiger partial charge in [-0.1, -0.05) is 26.0 Å². The SMILES string of the molecule is CC(C)c1cnn2c(NCc3cccc([N+](=O)[O-])c3)nc(OC[C@H]3CCCN(C(=O)OC(C)(C)C)C3)nc12. The number of hydrogen-bond acceptors (Lipinski definition) is 9. The van der Waals surface area contributed by atoms with Gasteiger partial charge in [0.2, 0.25) is 5.95 Å². The summed E-state index contributed by atoms with van der Waals surface area (Å²) in [5, 5.41) is 18.8. The van der Waals surface area contributed by atoms with E-state index in [0.29, 0.717) is 37.8 Å². The maximum atomic E-state index is 12.5. The van der Waals surface area contributed by atoms with E-state index in [4.69, 9.17) is 9.47 Å². The lowest BCUT2D eigenvalue weighted by atomic mass is 9.99. The molecule has 38 heavy (non-hydrogen) atoms. The van der Waals surface area contributed by atoms with Gasteiger partial charge in [0.25, 0.3) is 5.69 Å². The van der Waals surface area contributed by atoms with E-state index in [-0.39, 0.29) is 29.6 Å². The van der Waals surface area contributed by atoms with Crippen LogP contribution in [0.2, 0.25) is 0 Å². The van der Waals surface area contributed by atoms with Crippen LogP contribution in [0, 0.1) is 16.0 Å². The number of piperidine rings is 1. The highest BCUT2D eigenvalue weighted by Gasteiger charge is 2.28. The first-order valence-electron chi connectivity index (χ1n) is 12.8. The van der Waals surface area contributed by atoms with E-state index in [9.17, 15) is 14.9 Å². The van der Waals surface area contributed by atoms with Crippen LogP contribution >= 0.6 is 0 Å². The van der Waals surface area contributed by atoms with Crippen molar-refractivity contribution in [1.82, 2.24) is 24.5 Å². The van der Waals surface area contributed by atoms with Gasteiger partial charge in [0, 0.05) is 43.2 Å². The number of likely N-dealkylation sites (tertiary alicyclic amines) is 1. The van der Waals surface area contributed by atoms with E-state index < -0.39 is 10.5 Å². The minimum absolute atomic E-state index is 0.0234. The van der Waals surface area contributed by atoms with Crippen molar-refractivity contribution in [3.8, 4) is 6.01 Å². The topological polar surface area (TPSA) is 137 Å². The minimum Gasteiger partial charge on any atom is -0.463 e. The molecule has 1 amide bonds. The summed E-state index contributed by atoms with van der Waals surface area (Å²) in [6.07, 6.45) is 3.23. The Hall–Kier alpha value is -3.96. The molecule has 12 nitrogen and oxygen atoms in total. The molecule has 204 valence electrons. The summed E-state index contributed by atoms with van der Waals surface area (Å²) < 4.78 is 13.2. The first kappa shape index (κ1) is 27.1. The van der Waals surface area contributed by atoms with Crippen LogP contribution in [-0.4, -0.2) is 60.8 Å². The zero-order valence-electron chi connectivity index (χ0n) is 22.5. The molecule has 2 aromatic heterocycles. The highest BCUT2D eigenvalue weighted by Crippen LogP contribution is 2.25. The van der Waals surface area contributed by atoms with Crippen LogP contribution in [0.4, 0.5) is 16.4 Å². The van der Waals surface area contributed by atoms with Gasteiger partial charge in [-0.15, -0.1) is 0 Å². The smallest absolute Gasteiger partial charge is 0.410 e. The summed E-state index contributed by atoms with van der Waals surface area (Å²) in [6, 6.07) is 6.63. The van der Waals surface area contributed by atoms with Crippen LogP contribution < -0.4 is 10.1 Å². The molecule has 0 bridgehead atoms. The highest BCUT2D eigenvalue weighted by atomic mass is 16.6. The van der Waals surface area contributed by atoms with Crippen molar-refractivity contribution >= 4 is 23.4 Å². The van der Waals surface area contributed by atoms with Gasteiger partial charge < -0.3 is 19.7 Å². The maximum absolute atomic E-state index is 12.5. The Kier molecular flexibility index (Phi) is 7.98. The summed E-state index contributed by atoms with van der Waals surface area (Å²) in [4.78, 5) is 34.2. The highest BCUT2D eigenvalue weighted by molar-refractivity contribution is 5.68. The lowest BCUT2D eigenvalue weighted by Gasteiger charge is -2.33. The second kappa shape index (κ2) is 11.2. The van der Waals surface area contributed by atoms with E-state index in [2.05, 4.69) is 34.2 Å². The Morgan fingerprint density at radius 1 is 1.29 bits per heavy atom. The first-order valence-corrected chi connectivity index (χ1v) is 12.8. The molecular formula is C26H35N7O5. The van der Waals surface area contributed by atoms with Crippen molar-refractivity contribution in [3.63, 3.8) is 0 Å². The van der Waals surface area contributed by atoms with Gasteiger partial charge in [0.15, 0.2) is 5.65 Å². The second-order valence-corrected chi connectivity index (χ2v) is 10.8. The van der Waals surface area contributed by atoms with Gasteiger partial charge in [0.1, 0.15) is 5.60 Å². The maximum Gasteiger partial charge on any atom is 0.410 e. The Labute approximate surface area is 221 Å². The normalized spacial score (nSPS) is 16.1. The molecule has 1 N–H and O–H groups in total. The number of rotatable bonds is 8. The number of non-ortho nitro benzene ring substituents is 1. The molecule has 12 heteroatoms. The van der Waals surface area contributed by atoms with Crippen LogP contribution in [-0.2, 0) is 11.3 Å². The monoisotopic (exact) mass is 525 g/mol. The van der Waals surface area contributed by atoms with Gasteiger partial charge in [0.05, 0.1) is 17.7 Å². The third-order valence-electron chi connectivity index (χ3n) is 6.19. The molecule has 1 saturated heterocycles. The number of nitrogens with one attached hydrogen (secondary N) is 1. The number of anilines is 1. The summed E-state index contributed by atoms with van der Waals surface area (Å²) in [7, 11) is 0. The number of benzene rings is 1. The van der Waals surface area contributed by atoms with Crippen molar-refractivity contribution in [2.24, 2.45) is 5.92 Å². The number of nitro groups is 1. The third kappa shape index (κ3) is 6.67. The molecule has 1 aliphatic rings. The van der Waals surface area contributed by atoms with Crippen LogP contribution in [0.25, 0.3) is 5.65 Å². The van der Waals surface area contributed by atoms with E-state index in [1.807, 2.05) is 20.8 Å². The summed E-state index contributed by atoms with van der Waals surface area (Å²) in [5.41, 5.74) is 1.79. The van der Waals surface area contributed by atoms with Crippen LogP contribution in [0.5, 0.6) is 6.01 Å². The number of fused-ring (bicyclic) bond motifs is 1. The number of hydrogen-bond donors (Lipinski definition) is 1. The van der Waals surface area contributed by atoms with E-state index in [1.165, 1.54) is 12.1 Å². The van der Waals surface area contributed by atoms with Crippen molar-refractivity contribution in [1.29, 1.82) is 0 Å². The lowest BCUT2D eigenvalue weighted by Crippen LogP contribution is -2.44. The molecule has 3 aromatic rings. The number of ether oxygens (including phenoxy) is 2. The van der Waals surface area contributed by atoms with Crippen LogP contribution in [0.1, 0.15) is 64.5 Å². The average Bonchev–Trinajstić information content (AvgIpc) is 3.30. The number of aromatic nitrogens is 4. The average molecular weight is 526 g/mol. The molecule has 1 fully saturated rings. The number of nitro benzene ring substituents is 1. The zero-order valence-corrected chi connectivity index (χ0v) is 22.5. The summed E-state index contributed by atoms with van der Waals surface area (Å²) in [5.74, 6) is 0.717. The van der Waals surface area contributed by atoms with Crippen molar-refractivity contribution in [3.05, 3.63) is 51.7 Å². The van der Waals surface area contributed by atoms with Crippen molar-refractivity contribution < 1.29 is 19.2 Å². The standard InChI is InChI=1S/C26H35N7O5/c1-17(2)21-14-28-32-22(21)29-24(30-23(32)27-13-18-8-6-10-20(12-18)33(35)36)37-16-19-9-7-11-31(15-19)25(34)38-26(3,4)5/h6,8,10,12,14,17,19H,7,9,11,13,15-16H2,1-5H3,(H,27,29,30)/t19-/m0/s1. The number of carbonyl (C=O) groups is 1. The van der Waals surface area contributed by atoms with Gasteiger partial charge in [-0.2, -0.15) is 19.6 Å². The molecule has 0 aliphatic carbocycles. The first-order chi connectivity index (χ1) is 18.0. The second-order valence-electron chi connectivity index (χ2n) is 10.8. The fourth-order valence-corrected chi connectivity index (χ4v) is 4.31. The zero-order chi connectivity index (χ0) is 27.4. The molecule has 0 unspecified atom stereocenters. The molecular weight excluding hydrogens is 490 g/mol. The fraction of sp³-hybridized carbons (Fsp3) is 0.538. The largest absolute Gasteiger partial charge is 0.463 e. The van der Waals surface area contributed by atoms with Crippen LogP contribution in [0.3, 0.4) is 0 Å². The Balaban J connectivity index is 1.50. The van der Waals surface area contributed by atoms with E-state index in [1.54, 1.807) is 27.7 Å². The van der Waals surface area contributed by atoms with E-state index >= 15 is 0 Å². The van der Waals surface area contributed by atoms with Crippen molar-refractivity contribution in [2.75, 3.05) is 25.0 Å². The van der Waals surface area contributed by atoms with Crippen molar-refractivity contribution in [2.45, 2.75) is 65.5 Å². The fourth-order valence-electron chi connectivity index (χ4n) is 4.31. The summed E-state index contributed by atoms with van der Waals surface area (Å²) >= 11 is 0.